The largest absolute Gasteiger partial charge is 0.337 e. The van der Waals surface area contributed by atoms with Crippen LogP contribution < -0.4 is 5.73 Å². The molecule has 0 saturated heterocycles. The third-order valence-electron chi connectivity index (χ3n) is 2.73. The lowest BCUT2D eigenvalue weighted by atomic mass is 10.1. The van der Waals surface area contributed by atoms with Crippen LogP contribution in [0.5, 0.6) is 0 Å². The monoisotopic (exact) mass is 249 g/mol. The van der Waals surface area contributed by atoms with Gasteiger partial charge >= 0.3 is 0 Å². The van der Waals surface area contributed by atoms with Crippen molar-refractivity contribution in [3.8, 4) is 11.4 Å². The Morgan fingerprint density at radius 2 is 2.06 bits per heavy atom. The van der Waals surface area contributed by atoms with Crippen LogP contribution in [0.4, 0.5) is 4.39 Å². The van der Waals surface area contributed by atoms with Gasteiger partial charge in [-0.25, -0.2) is 4.39 Å². The second kappa shape index (κ2) is 5.73. The smallest absolute Gasteiger partial charge is 0.243 e. The maximum absolute atomic E-state index is 12.8. The van der Waals surface area contributed by atoms with E-state index in [2.05, 4.69) is 17.1 Å². The molecular formula is C13H16FN3O. The van der Waals surface area contributed by atoms with Gasteiger partial charge in [0, 0.05) is 5.56 Å². The van der Waals surface area contributed by atoms with Gasteiger partial charge in [-0.05, 0) is 30.7 Å². The number of aromatic nitrogens is 2. The number of hydrogen-bond acceptors (Lipinski definition) is 4. The number of rotatable bonds is 5. The van der Waals surface area contributed by atoms with E-state index in [4.69, 9.17) is 10.3 Å². The van der Waals surface area contributed by atoms with Crippen LogP contribution in [0.3, 0.4) is 0 Å². The molecule has 0 amide bonds. The van der Waals surface area contributed by atoms with Crippen LogP contribution in [0.15, 0.2) is 28.8 Å². The molecular weight excluding hydrogens is 233 g/mol. The second-order valence-electron chi connectivity index (χ2n) is 4.21. The van der Waals surface area contributed by atoms with Crippen molar-refractivity contribution in [2.45, 2.75) is 32.2 Å². The van der Waals surface area contributed by atoms with Gasteiger partial charge in [0.1, 0.15) is 5.82 Å². The number of halogens is 1. The Bertz CT molecular complexity index is 495. The Balaban J connectivity index is 2.12. The molecule has 5 heteroatoms. The summed E-state index contributed by atoms with van der Waals surface area (Å²) in [4.78, 5) is 4.24. The van der Waals surface area contributed by atoms with E-state index < -0.39 is 0 Å². The van der Waals surface area contributed by atoms with Gasteiger partial charge in [0.2, 0.25) is 11.7 Å². The van der Waals surface area contributed by atoms with Gasteiger partial charge in [-0.15, -0.1) is 0 Å². The number of benzene rings is 1. The van der Waals surface area contributed by atoms with Gasteiger partial charge in [0.05, 0.1) is 6.04 Å². The Morgan fingerprint density at radius 3 is 2.72 bits per heavy atom. The van der Waals surface area contributed by atoms with Crippen molar-refractivity contribution in [3.05, 3.63) is 36.0 Å². The van der Waals surface area contributed by atoms with Crippen LogP contribution >= 0.6 is 0 Å². The van der Waals surface area contributed by atoms with Crippen molar-refractivity contribution in [2.75, 3.05) is 0 Å². The van der Waals surface area contributed by atoms with E-state index in [9.17, 15) is 4.39 Å². The summed E-state index contributed by atoms with van der Waals surface area (Å²) in [6.45, 7) is 2.10. The average molecular weight is 249 g/mol. The number of nitrogens with two attached hydrogens (primary N) is 1. The summed E-state index contributed by atoms with van der Waals surface area (Å²) in [7, 11) is 0. The van der Waals surface area contributed by atoms with Crippen LogP contribution in [-0.2, 0) is 0 Å². The average Bonchev–Trinajstić information content (AvgIpc) is 2.86. The van der Waals surface area contributed by atoms with Crippen molar-refractivity contribution < 1.29 is 8.91 Å². The Morgan fingerprint density at radius 1 is 1.33 bits per heavy atom. The molecule has 0 aliphatic carbocycles. The first-order valence-electron chi connectivity index (χ1n) is 6.06. The maximum Gasteiger partial charge on any atom is 0.243 e. The van der Waals surface area contributed by atoms with Gasteiger partial charge in [-0.1, -0.05) is 24.9 Å². The number of nitrogens with zero attached hydrogens (tertiary/aromatic N) is 2. The van der Waals surface area contributed by atoms with E-state index in [1.165, 1.54) is 12.1 Å². The zero-order valence-corrected chi connectivity index (χ0v) is 10.3. The molecule has 18 heavy (non-hydrogen) atoms. The summed E-state index contributed by atoms with van der Waals surface area (Å²) < 4.78 is 17.9. The molecule has 1 heterocycles. The van der Waals surface area contributed by atoms with Gasteiger partial charge in [-0.2, -0.15) is 4.98 Å². The molecule has 1 aromatic carbocycles. The SMILES string of the molecule is CCCC[C@H](N)c1nc(-c2ccc(F)cc2)no1. The van der Waals surface area contributed by atoms with E-state index in [0.717, 1.165) is 19.3 Å². The fourth-order valence-corrected chi connectivity index (χ4v) is 1.65. The molecule has 2 aromatic rings. The molecule has 1 atom stereocenters. The molecule has 0 aliphatic rings. The molecule has 0 saturated carbocycles. The van der Waals surface area contributed by atoms with Gasteiger partial charge in [0.25, 0.3) is 0 Å². The van der Waals surface area contributed by atoms with Crippen molar-refractivity contribution in [1.29, 1.82) is 0 Å². The fraction of sp³-hybridized carbons (Fsp3) is 0.385. The quantitative estimate of drug-likeness (QED) is 0.884. The van der Waals surface area contributed by atoms with Crippen molar-refractivity contribution >= 4 is 0 Å². The topological polar surface area (TPSA) is 64.9 Å². The lowest BCUT2D eigenvalue weighted by Gasteiger charge is -2.03. The lowest BCUT2D eigenvalue weighted by molar-refractivity contribution is 0.346. The molecule has 0 aliphatic heterocycles. The minimum atomic E-state index is -0.290. The second-order valence-corrected chi connectivity index (χ2v) is 4.21. The first-order chi connectivity index (χ1) is 8.70. The molecule has 0 unspecified atom stereocenters. The van der Waals surface area contributed by atoms with Crippen molar-refractivity contribution in [3.63, 3.8) is 0 Å². The van der Waals surface area contributed by atoms with Gasteiger partial charge < -0.3 is 10.3 Å². The Labute approximate surface area is 105 Å². The summed E-state index contributed by atoms with van der Waals surface area (Å²) in [5, 5.41) is 3.86. The predicted molar refractivity (Wildman–Crippen MR) is 66.1 cm³/mol. The van der Waals surface area contributed by atoms with E-state index in [0.29, 0.717) is 17.3 Å². The van der Waals surface area contributed by atoms with Crippen LogP contribution in [0.2, 0.25) is 0 Å². The van der Waals surface area contributed by atoms with Crippen molar-refractivity contribution in [2.24, 2.45) is 5.73 Å². The van der Waals surface area contributed by atoms with Gasteiger partial charge in [0.15, 0.2) is 0 Å². The third kappa shape index (κ3) is 2.92. The number of hydrogen-bond donors (Lipinski definition) is 1. The highest BCUT2D eigenvalue weighted by molar-refractivity contribution is 5.53. The lowest BCUT2D eigenvalue weighted by Crippen LogP contribution is -2.10. The summed E-state index contributed by atoms with van der Waals surface area (Å²) in [5.74, 6) is 0.585. The van der Waals surface area contributed by atoms with E-state index in [1.807, 2.05) is 0 Å². The minimum Gasteiger partial charge on any atom is -0.337 e. The zero-order valence-electron chi connectivity index (χ0n) is 10.3. The molecule has 0 spiro atoms. The highest BCUT2D eigenvalue weighted by atomic mass is 19.1. The summed E-state index contributed by atoms with van der Waals surface area (Å²) in [6, 6.07) is 5.72. The molecule has 0 bridgehead atoms. The fourth-order valence-electron chi connectivity index (χ4n) is 1.65. The van der Waals surface area contributed by atoms with Crippen LogP contribution in [0, 0.1) is 5.82 Å². The summed E-state index contributed by atoms with van der Waals surface area (Å²) in [6.07, 6.45) is 2.92. The van der Waals surface area contributed by atoms with Crippen LogP contribution in [0.25, 0.3) is 11.4 Å². The first kappa shape index (κ1) is 12.7. The molecule has 0 radical (unpaired) electrons. The first-order valence-corrected chi connectivity index (χ1v) is 6.06. The third-order valence-corrected chi connectivity index (χ3v) is 2.73. The highest BCUT2D eigenvalue weighted by Crippen LogP contribution is 2.20. The molecule has 2 N–H and O–H groups in total. The van der Waals surface area contributed by atoms with E-state index in [-0.39, 0.29) is 11.9 Å². The molecule has 4 nitrogen and oxygen atoms in total. The predicted octanol–water partition coefficient (Wildman–Crippen LogP) is 3.07. The summed E-state index contributed by atoms with van der Waals surface area (Å²) >= 11 is 0. The highest BCUT2D eigenvalue weighted by Gasteiger charge is 2.15. The maximum atomic E-state index is 12.8. The molecule has 96 valence electrons. The Hall–Kier alpha value is -1.75. The Kier molecular flexibility index (Phi) is 4.04. The molecule has 0 fully saturated rings. The van der Waals surface area contributed by atoms with E-state index >= 15 is 0 Å². The number of unbranched alkanes of at least 4 members (excludes halogenated alkanes) is 1. The van der Waals surface area contributed by atoms with Crippen LogP contribution in [-0.4, -0.2) is 10.1 Å². The molecule has 2 rings (SSSR count). The van der Waals surface area contributed by atoms with Crippen LogP contribution in [0.1, 0.15) is 38.1 Å². The standard InChI is InChI=1S/C13H16FN3O/c1-2-3-4-11(15)13-16-12(17-18-13)9-5-7-10(14)8-6-9/h5-8,11H,2-4,15H2,1H3/t11-/m0/s1. The summed E-state index contributed by atoms with van der Waals surface area (Å²) in [5.41, 5.74) is 6.66. The normalized spacial score (nSPS) is 12.6. The van der Waals surface area contributed by atoms with E-state index in [1.54, 1.807) is 12.1 Å². The zero-order chi connectivity index (χ0) is 13.0. The van der Waals surface area contributed by atoms with Crippen molar-refractivity contribution in [1.82, 2.24) is 10.1 Å². The molecule has 1 aromatic heterocycles. The minimum absolute atomic E-state index is 0.230. The van der Waals surface area contributed by atoms with Gasteiger partial charge in [-0.3, -0.25) is 0 Å².